The Labute approximate surface area is 194 Å². The van der Waals surface area contributed by atoms with Gasteiger partial charge in [0, 0.05) is 16.1 Å². The lowest BCUT2D eigenvalue weighted by atomic mass is 9.87. The third-order valence-corrected chi connectivity index (χ3v) is 8.58. The van der Waals surface area contributed by atoms with Gasteiger partial charge < -0.3 is 5.32 Å². The van der Waals surface area contributed by atoms with E-state index in [4.69, 9.17) is 0 Å². The van der Waals surface area contributed by atoms with Crippen LogP contribution in [0.2, 0.25) is 0 Å². The van der Waals surface area contributed by atoms with Crippen molar-refractivity contribution in [1.29, 1.82) is 0 Å². The number of hydrogen-bond donors (Lipinski definition) is 3. The number of benzene rings is 1. The Morgan fingerprint density at radius 3 is 3.09 bits per heavy atom. The summed E-state index contributed by atoms with van der Waals surface area (Å²) in [6.45, 7) is 5.02. The predicted molar refractivity (Wildman–Crippen MR) is 127 cm³/mol. The van der Waals surface area contributed by atoms with E-state index >= 15 is 0 Å². The van der Waals surface area contributed by atoms with E-state index in [1.165, 1.54) is 39.2 Å². The number of hydrazine groups is 1. The first-order valence-corrected chi connectivity index (χ1v) is 12.7. The summed E-state index contributed by atoms with van der Waals surface area (Å²) in [6, 6.07) is 7.81. The van der Waals surface area contributed by atoms with Crippen molar-refractivity contribution in [3.8, 4) is 5.00 Å². The molecule has 1 unspecified atom stereocenters. The number of thioether (sulfide) groups is 1. The molecule has 1 saturated heterocycles. The molecule has 2 aromatic heterocycles. The van der Waals surface area contributed by atoms with Gasteiger partial charge in [0.1, 0.15) is 11.2 Å². The molecule has 1 fully saturated rings. The second-order valence-corrected chi connectivity index (χ2v) is 10.7. The lowest BCUT2D eigenvalue weighted by Crippen LogP contribution is -2.39. The van der Waals surface area contributed by atoms with E-state index in [1.54, 1.807) is 0 Å². The molecule has 0 bridgehead atoms. The van der Waals surface area contributed by atoms with Crippen LogP contribution < -0.4 is 21.1 Å². The molecule has 10 heteroatoms. The van der Waals surface area contributed by atoms with Gasteiger partial charge in [-0.1, -0.05) is 36.9 Å². The van der Waals surface area contributed by atoms with E-state index in [9.17, 15) is 4.79 Å². The number of aromatic nitrogens is 3. The summed E-state index contributed by atoms with van der Waals surface area (Å²) in [6.07, 6.45) is 3.56. The highest BCUT2D eigenvalue weighted by Gasteiger charge is 2.42. The molecule has 0 radical (unpaired) electrons. The summed E-state index contributed by atoms with van der Waals surface area (Å²) >= 11 is 3.29. The number of thiophene rings is 1. The maximum atomic E-state index is 12.6. The zero-order chi connectivity index (χ0) is 21.8. The first kappa shape index (κ1) is 20.2. The Bertz CT molecular complexity index is 1200. The Balaban J connectivity index is 1.30. The molecule has 32 heavy (non-hydrogen) atoms. The molecule has 0 spiro atoms. The number of rotatable bonds is 4. The summed E-state index contributed by atoms with van der Waals surface area (Å²) < 4.78 is 2.13. The molecular weight excluding hydrogens is 442 g/mol. The minimum Gasteiger partial charge on any atom is -0.325 e. The maximum absolute atomic E-state index is 12.6. The van der Waals surface area contributed by atoms with Gasteiger partial charge in [-0.3, -0.25) is 15.1 Å². The number of carbonyl (C=O) groups is 1. The van der Waals surface area contributed by atoms with Gasteiger partial charge in [-0.2, -0.15) is 0 Å². The largest absolute Gasteiger partial charge is 0.325 e. The third kappa shape index (κ3) is 3.24. The molecular formula is C22H25N7OS2. The van der Waals surface area contributed by atoms with Crippen LogP contribution in [0, 0.1) is 12.8 Å². The fourth-order valence-corrected chi connectivity index (χ4v) is 7.09. The van der Waals surface area contributed by atoms with E-state index in [0.29, 0.717) is 12.6 Å². The van der Waals surface area contributed by atoms with Gasteiger partial charge >= 0.3 is 0 Å². The molecule has 8 nitrogen and oxygen atoms in total. The summed E-state index contributed by atoms with van der Waals surface area (Å²) in [5.74, 6) is 1.73. The molecule has 1 amide bonds. The van der Waals surface area contributed by atoms with Gasteiger partial charge in [0.2, 0.25) is 11.9 Å². The zero-order valence-corrected chi connectivity index (χ0v) is 19.6. The van der Waals surface area contributed by atoms with Crippen molar-refractivity contribution in [3.05, 3.63) is 45.8 Å². The highest BCUT2D eigenvalue weighted by atomic mass is 32.2. The molecule has 2 aliphatic heterocycles. The molecule has 0 saturated carbocycles. The van der Waals surface area contributed by atoms with Gasteiger partial charge in [-0.05, 0) is 49.3 Å². The number of para-hydroxylation sites is 1. The smallest absolute Gasteiger partial charge is 0.249 e. The van der Waals surface area contributed by atoms with Gasteiger partial charge in [0.05, 0.1) is 12.4 Å². The van der Waals surface area contributed by atoms with Crippen LogP contribution >= 0.6 is 23.1 Å². The van der Waals surface area contributed by atoms with Crippen molar-refractivity contribution in [2.75, 3.05) is 22.7 Å². The quantitative estimate of drug-likeness (QED) is 0.507. The lowest BCUT2D eigenvalue weighted by Gasteiger charge is -2.31. The summed E-state index contributed by atoms with van der Waals surface area (Å²) in [5, 5.41) is 19.6. The third-order valence-electron chi connectivity index (χ3n) is 6.40. The van der Waals surface area contributed by atoms with E-state index in [0.717, 1.165) is 35.2 Å². The van der Waals surface area contributed by atoms with Crippen LogP contribution in [0.1, 0.15) is 41.1 Å². The fraction of sp³-hybridized carbons (Fsp3) is 0.409. The van der Waals surface area contributed by atoms with Crippen LogP contribution in [0.4, 0.5) is 11.6 Å². The maximum Gasteiger partial charge on any atom is 0.249 e. The first-order valence-electron chi connectivity index (χ1n) is 10.9. The van der Waals surface area contributed by atoms with Crippen LogP contribution in [-0.2, 0) is 17.6 Å². The van der Waals surface area contributed by atoms with Crippen LogP contribution in [0.5, 0.6) is 0 Å². The zero-order valence-electron chi connectivity index (χ0n) is 18.0. The van der Waals surface area contributed by atoms with Gasteiger partial charge in [-0.25, -0.2) is 9.99 Å². The average molecular weight is 468 g/mol. The first-order chi connectivity index (χ1) is 15.6. The van der Waals surface area contributed by atoms with Crippen molar-refractivity contribution < 1.29 is 4.79 Å². The summed E-state index contributed by atoms with van der Waals surface area (Å²) in [4.78, 5) is 14.1. The van der Waals surface area contributed by atoms with Crippen molar-refractivity contribution in [2.45, 2.75) is 44.4 Å². The molecule has 6 rings (SSSR count). The van der Waals surface area contributed by atoms with Crippen LogP contribution in [0.15, 0.2) is 29.4 Å². The van der Waals surface area contributed by atoms with Crippen molar-refractivity contribution >= 4 is 40.6 Å². The van der Waals surface area contributed by atoms with Crippen molar-refractivity contribution in [1.82, 2.24) is 25.5 Å². The molecule has 2 atom stereocenters. The minimum absolute atomic E-state index is 0.0455. The molecule has 1 aliphatic carbocycles. The topological polar surface area (TPSA) is 87.1 Å². The van der Waals surface area contributed by atoms with E-state index in [2.05, 4.69) is 42.8 Å². The van der Waals surface area contributed by atoms with Gasteiger partial charge in [0.25, 0.3) is 0 Å². The lowest BCUT2D eigenvalue weighted by molar-refractivity contribution is -0.113. The number of carbonyl (C=O) groups excluding carboxylic acids is 1. The normalized spacial score (nSPS) is 21.0. The number of hydrogen-bond acceptors (Lipinski definition) is 8. The Morgan fingerprint density at radius 2 is 2.22 bits per heavy atom. The monoisotopic (exact) mass is 467 g/mol. The Kier molecular flexibility index (Phi) is 4.98. The van der Waals surface area contributed by atoms with Crippen LogP contribution in [0.3, 0.4) is 0 Å². The van der Waals surface area contributed by atoms with Gasteiger partial charge in [-0.15, -0.1) is 21.5 Å². The van der Waals surface area contributed by atoms with Crippen LogP contribution in [-0.4, -0.2) is 33.1 Å². The average Bonchev–Trinajstić information content (AvgIpc) is 3.49. The van der Waals surface area contributed by atoms with E-state index < -0.39 is 0 Å². The molecule has 1 aromatic carbocycles. The number of amides is 1. The van der Waals surface area contributed by atoms with Crippen molar-refractivity contribution in [2.24, 2.45) is 5.92 Å². The SMILES string of the molecule is Cc1ccccc1NC(=O)CSc1nnc2n1-c1sc3c(c1C1NCNN21)CC[C@@H](C)C3. The fourth-order valence-electron chi connectivity index (χ4n) is 4.76. The number of nitrogens with zero attached hydrogens (tertiary/aromatic N) is 4. The highest BCUT2D eigenvalue weighted by molar-refractivity contribution is 7.99. The van der Waals surface area contributed by atoms with Gasteiger partial charge in [0.15, 0.2) is 5.16 Å². The second-order valence-electron chi connectivity index (χ2n) is 8.65. The Morgan fingerprint density at radius 1 is 1.34 bits per heavy atom. The van der Waals surface area contributed by atoms with E-state index in [1.807, 2.05) is 42.5 Å². The molecule has 166 valence electrons. The summed E-state index contributed by atoms with van der Waals surface area (Å²) in [5.41, 5.74) is 8.12. The van der Waals surface area contributed by atoms with Crippen molar-refractivity contribution in [3.63, 3.8) is 0 Å². The molecule has 3 N–H and O–H groups in total. The number of anilines is 2. The standard InChI is InChI=1S/C22H25N7OS2/c1-12-7-8-14-16(9-12)32-20-18(14)19-23-11-24-29(19)21-26-27-22(28(20)21)31-10-17(30)25-15-6-4-3-5-13(15)2/h3-6,12,19,23-24H,7-11H2,1-2H3,(H,25,30)/t12-,19?/m1/s1. The second kappa shape index (κ2) is 7.87. The van der Waals surface area contributed by atoms with E-state index in [-0.39, 0.29) is 17.8 Å². The Hall–Kier alpha value is -2.40. The molecule has 4 heterocycles. The molecule has 3 aromatic rings. The summed E-state index contributed by atoms with van der Waals surface area (Å²) in [7, 11) is 0. The number of fused-ring (bicyclic) bond motifs is 8. The van der Waals surface area contributed by atoms with Crippen LogP contribution in [0.25, 0.3) is 5.00 Å². The minimum atomic E-state index is -0.0455. The number of nitrogens with one attached hydrogen (secondary N) is 3. The highest BCUT2D eigenvalue weighted by Crippen LogP contribution is 2.48. The molecule has 3 aliphatic rings. The number of aryl methyl sites for hydroxylation is 1. The predicted octanol–water partition coefficient (Wildman–Crippen LogP) is 3.38.